The molecule has 0 radical (unpaired) electrons. The van der Waals surface area contributed by atoms with Crippen molar-refractivity contribution in [3.63, 3.8) is 0 Å². The van der Waals surface area contributed by atoms with Crippen LogP contribution in [0.25, 0.3) is 115 Å². The van der Waals surface area contributed by atoms with Gasteiger partial charge in [-0.3, -0.25) is 4.57 Å². The molecule has 0 aliphatic heterocycles. The molecule has 0 fully saturated rings. The van der Waals surface area contributed by atoms with Crippen LogP contribution in [0, 0.1) is 0 Å². The number of benzene rings is 9. The van der Waals surface area contributed by atoms with Crippen molar-refractivity contribution in [3.8, 4) is 72.7 Å². The first kappa shape index (κ1) is 40.0. The van der Waals surface area contributed by atoms with Crippen LogP contribution in [-0.4, -0.2) is 9.55 Å². The number of thiophene rings is 1. The summed E-state index contributed by atoms with van der Waals surface area (Å²) in [5.74, 6) is 0.883. The van der Waals surface area contributed by atoms with Crippen molar-refractivity contribution in [2.24, 2.45) is 0 Å². The van der Waals surface area contributed by atoms with Crippen LogP contribution in [0.15, 0.2) is 231 Å². The van der Waals surface area contributed by atoms with Crippen LogP contribution >= 0.6 is 11.3 Å². The lowest BCUT2D eigenvalue weighted by Crippen LogP contribution is -2.00. The van der Waals surface area contributed by atoms with E-state index in [4.69, 9.17) is 4.98 Å². The maximum absolute atomic E-state index is 5.47. The Morgan fingerprint density at radius 3 is 1.55 bits per heavy atom. The monoisotopic (exact) mass is 850 g/mol. The Morgan fingerprint density at radius 1 is 0.354 bits per heavy atom. The minimum atomic E-state index is 0.883. The Morgan fingerprint density at radius 2 is 0.846 bits per heavy atom. The summed E-state index contributed by atoms with van der Waals surface area (Å²) in [5, 5.41) is 5.03. The molecule has 0 bridgehead atoms. The molecule has 0 saturated heterocycles. The molecule has 3 heterocycles. The van der Waals surface area contributed by atoms with Crippen molar-refractivity contribution in [3.05, 3.63) is 231 Å². The van der Waals surface area contributed by atoms with Crippen LogP contribution in [-0.2, 0) is 0 Å². The van der Waals surface area contributed by atoms with Crippen molar-refractivity contribution >= 4 is 53.3 Å². The third kappa shape index (κ3) is 7.60. The second-order valence-corrected chi connectivity index (χ2v) is 17.7. The van der Waals surface area contributed by atoms with E-state index in [-0.39, 0.29) is 0 Å². The SMILES string of the molecule is CCC.c1ccc(-c2ccc(-c3cc(-c4ccc(-c5ccccc5)cc4)nc(-n4c5ccccc5c5cc(-c6cccc(-c7cccc8c7sc7ccccc78)c6)ccc54)c3)cc2)cc1. The van der Waals surface area contributed by atoms with Crippen molar-refractivity contribution in [1.29, 1.82) is 0 Å². The van der Waals surface area contributed by atoms with E-state index in [1.807, 2.05) is 11.3 Å². The predicted molar refractivity (Wildman–Crippen MR) is 280 cm³/mol. The lowest BCUT2D eigenvalue weighted by molar-refractivity contribution is 1.08. The zero-order valence-electron chi connectivity index (χ0n) is 36.4. The summed E-state index contributed by atoms with van der Waals surface area (Å²) in [4.78, 5) is 5.47. The van der Waals surface area contributed by atoms with Crippen molar-refractivity contribution in [2.45, 2.75) is 20.3 Å². The summed E-state index contributed by atoms with van der Waals surface area (Å²) in [7, 11) is 0. The molecule has 65 heavy (non-hydrogen) atoms. The fourth-order valence-corrected chi connectivity index (χ4v) is 10.4. The largest absolute Gasteiger partial charge is 0.294 e. The summed E-state index contributed by atoms with van der Waals surface area (Å²) < 4.78 is 5.00. The lowest BCUT2D eigenvalue weighted by Gasteiger charge is -2.14. The van der Waals surface area contributed by atoms with E-state index in [0.29, 0.717) is 0 Å². The molecule has 0 aliphatic rings. The standard InChI is InChI=1S/C59H38N2S.C3H8/c1-3-13-39(14-4-1)41-25-27-43(28-26-41)48-37-54(44-31-29-42(30-32-44)40-15-5-2-6-16-40)60-58(38-48)61-55-23-9-7-19-50(55)53-36-46(33-34-56(53)61)45-17-11-18-47(35-45)49-21-12-22-52-51-20-8-10-24-57(51)62-59(49)52;1-3-2/h1-38H;3H2,1-2H3. The molecule has 0 unspecified atom stereocenters. The second kappa shape index (κ2) is 17.4. The van der Waals surface area contributed by atoms with Gasteiger partial charge in [0, 0.05) is 36.5 Å². The molecule has 0 N–H and O–H groups in total. The highest BCUT2D eigenvalue weighted by atomic mass is 32.1. The van der Waals surface area contributed by atoms with Crippen LogP contribution in [0.4, 0.5) is 0 Å². The quantitative estimate of drug-likeness (QED) is 0.156. The molecule has 2 nitrogen and oxygen atoms in total. The van der Waals surface area contributed by atoms with Gasteiger partial charge >= 0.3 is 0 Å². The molecule has 0 atom stereocenters. The predicted octanol–water partition coefficient (Wildman–Crippen LogP) is 18.0. The molecule has 310 valence electrons. The van der Waals surface area contributed by atoms with E-state index in [2.05, 4.69) is 249 Å². The van der Waals surface area contributed by atoms with Gasteiger partial charge in [0.15, 0.2) is 0 Å². The molecule has 3 heteroatoms. The van der Waals surface area contributed by atoms with Crippen LogP contribution in [0.3, 0.4) is 0 Å². The fourth-order valence-electron chi connectivity index (χ4n) is 9.13. The first-order chi connectivity index (χ1) is 32.1. The molecule has 12 rings (SSSR count). The van der Waals surface area contributed by atoms with Gasteiger partial charge in [-0.1, -0.05) is 208 Å². The highest BCUT2D eigenvalue weighted by Crippen LogP contribution is 2.42. The number of pyridine rings is 1. The Balaban J connectivity index is 0.00000152. The van der Waals surface area contributed by atoms with Gasteiger partial charge in [0.25, 0.3) is 0 Å². The molecule has 0 saturated carbocycles. The van der Waals surface area contributed by atoms with Crippen molar-refractivity contribution in [1.82, 2.24) is 9.55 Å². The summed E-state index contributed by atoms with van der Waals surface area (Å²) in [6.45, 7) is 4.25. The van der Waals surface area contributed by atoms with Gasteiger partial charge in [-0.25, -0.2) is 4.98 Å². The minimum absolute atomic E-state index is 0.883. The van der Waals surface area contributed by atoms with Gasteiger partial charge < -0.3 is 0 Å². The zero-order valence-corrected chi connectivity index (χ0v) is 37.3. The van der Waals surface area contributed by atoms with Crippen molar-refractivity contribution < 1.29 is 0 Å². The number of aromatic nitrogens is 2. The van der Waals surface area contributed by atoms with Gasteiger partial charge in [-0.15, -0.1) is 11.3 Å². The lowest BCUT2D eigenvalue weighted by atomic mass is 9.97. The van der Waals surface area contributed by atoms with Crippen LogP contribution < -0.4 is 0 Å². The summed E-state index contributed by atoms with van der Waals surface area (Å²) in [6, 6.07) is 83.4. The van der Waals surface area contributed by atoms with Gasteiger partial charge in [0.2, 0.25) is 0 Å². The third-order valence-electron chi connectivity index (χ3n) is 12.2. The maximum Gasteiger partial charge on any atom is 0.138 e. The van der Waals surface area contributed by atoms with E-state index >= 15 is 0 Å². The van der Waals surface area contributed by atoms with Crippen molar-refractivity contribution in [2.75, 3.05) is 0 Å². The smallest absolute Gasteiger partial charge is 0.138 e. The highest BCUT2D eigenvalue weighted by molar-refractivity contribution is 7.26. The molecule has 0 spiro atoms. The molecular weight excluding hydrogens is 805 g/mol. The van der Waals surface area contributed by atoms with Gasteiger partial charge in [0.05, 0.1) is 16.7 Å². The Kier molecular flexibility index (Phi) is 10.7. The number of rotatable bonds is 7. The number of para-hydroxylation sites is 1. The van der Waals surface area contributed by atoms with E-state index in [1.165, 1.54) is 81.9 Å². The summed E-state index contributed by atoms with van der Waals surface area (Å²) in [5.41, 5.74) is 16.2. The second-order valence-electron chi connectivity index (χ2n) is 16.6. The number of hydrogen-bond donors (Lipinski definition) is 0. The van der Waals surface area contributed by atoms with E-state index in [0.717, 1.165) is 39.2 Å². The molecule has 0 aliphatic carbocycles. The minimum Gasteiger partial charge on any atom is -0.294 e. The van der Waals surface area contributed by atoms with E-state index < -0.39 is 0 Å². The summed E-state index contributed by atoms with van der Waals surface area (Å²) >= 11 is 1.88. The van der Waals surface area contributed by atoms with E-state index in [9.17, 15) is 0 Å². The van der Waals surface area contributed by atoms with E-state index in [1.54, 1.807) is 0 Å². The molecular formula is C62H46N2S. The van der Waals surface area contributed by atoms with Crippen LogP contribution in [0.2, 0.25) is 0 Å². The average Bonchev–Trinajstić information content (AvgIpc) is 3.93. The number of hydrogen-bond acceptors (Lipinski definition) is 2. The summed E-state index contributed by atoms with van der Waals surface area (Å²) in [6.07, 6.45) is 1.25. The number of nitrogens with zero attached hydrogens (tertiary/aromatic N) is 2. The van der Waals surface area contributed by atoms with Crippen LogP contribution in [0.5, 0.6) is 0 Å². The molecule has 0 amide bonds. The van der Waals surface area contributed by atoms with Gasteiger partial charge in [0.1, 0.15) is 5.82 Å². The highest BCUT2D eigenvalue weighted by Gasteiger charge is 2.18. The Bertz CT molecular complexity index is 3520. The van der Waals surface area contributed by atoms with Gasteiger partial charge in [-0.2, -0.15) is 0 Å². The zero-order chi connectivity index (χ0) is 43.7. The first-order valence-corrected chi connectivity index (χ1v) is 23.3. The van der Waals surface area contributed by atoms with Crippen LogP contribution in [0.1, 0.15) is 20.3 Å². The Hall–Kier alpha value is -7.85. The maximum atomic E-state index is 5.47. The molecule has 3 aromatic heterocycles. The Labute approximate surface area is 384 Å². The number of fused-ring (bicyclic) bond motifs is 6. The average molecular weight is 851 g/mol. The molecule has 9 aromatic carbocycles. The third-order valence-corrected chi connectivity index (χ3v) is 13.5. The molecule has 12 aromatic rings. The first-order valence-electron chi connectivity index (χ1n) is 22.5. The fraction of sp³-hybridized carbons (Fsp3) is 0.0484. The normalized spacial score (nSPS) is 11.3. The van der Waals surface area contributed by atoms with Gasteiger partial charge in [-0.05, 0) is 98.1 Å². The topological polar surface area (TPSA) is 17.8 Å².